The van der Waals surface area contributed by atoms with Crippen LogP contribution < -0.4 is 5.73 Å². The molecule has 0 aromatic heterocycles. The molecule has 0 saturated heterocycles. The highest BCUT2D eigenvalue weighted by molar-refractivity contribution is 4.86. The summed E-state index contributed by atoms with van der Waals surface area (Å²) in [5, 5.41) is 0. The predicted octanol–water partition coefficient (Wildman–Crippen LogP) is 2.62. The second kappa shape index (κ2) is 5.50. The molecule has 0 aliphatic heterocycles. The van der Waals surface area contributed by atoms with E-state index < -0.39 is 0 Å². The fourth-order valence-electron chi connectivity index (χ4n) is 3.75. The van der Waals surface area contributed by atoms with E-state index in [1.54, 1.807) is 0 Å². The highest BCUT2D eigenvalue weighted by atomic mass is 15.1. The quantitative estimate of drug-likeness (QED) is 0.798. The zero-order valence-corrected chi connectivity index (χ0v) is 11.0. The SMILES string of the molecule is CC1CCCCC1N(C)CC1CCCC1N. The van der Waals surface area contributed by atoms with Crippen LogP contribution in [0.4, 0.5) is 0 Å². The third kappa shape index (κ3) is 2.78. The van der Waals surface area contributed by atoms with E-state index in [0.29, 0.717) is 6.04 Å². The highest BCUT2D eigenvalue weighted by Gasteiger charge is 2.30. The maximum atomic E-state index is 6.16. The summed E-state index contributed by atoms with van der Waals surface area (Å²) in [5.41, 5.74) is 6.16. The summed E-state index contributed by atoms with van der Waals surface area (Å²) in [6, 6.07) is 1.29. The molecule has 0 spiro atoms. The Morgan fingerprint density at radius 2 is 1.81 bits per heavy atom. The average Bonchev–Trinajstić information content (AvgIpc) is 2.65. The summed E-state index contributed by atoms with van der Waals surface area (Å²) in [7, 11) is 2.32. The van der Waals surface area contributed by atoms with Crippen LogP contribution in [0, 0.1) is 11.8 Å². The van der Waals surface area contributed by atoms with Gasteiger partial charge in [0.2, 0.25) is 0 Å². The average molecular weight is 224 g/mol. The monoisotopic (exact) mass is 224 g/mol. The van der Waals surface area contributed by atoms with Gasteiger partial charge in [-0.05, 0) is 44.6 Å². The highest BCUT2D eigenvalue weighted by Crippen LogP contribution is 2.30. The molecule has 4 unspecified atom stereocenters. The molecule has 94 valence electrons. The van der Waals surface area contributed by atoms with Crippen LogP contribution in [0.5, 0.6) is 0 Å². The molecule has 4 atom stereocenters. The normalized spacial score (nSPS) is 40.5. The third-order valence-electron chi connectivity index (χ3n) is 4.87. The van der Waals surface area contributed by atoms with Crippen molar-refractivity contribution in [1.82, 2.24) is 4.90 Å². The Labute approximate surface area is 101 Å². The van der Waals surface area contributed by atoms with Crippen LogP contribution >= 0.6 is 0 Å². The van der Waals surface area contributed by atoms with Crippen molar-refractivity contribution in [3.8, 4) is 0 Å². The van der Waals surface area contributed by atoms with E-state index in [4.69, 9.17) is 5.73 Å². The minimum atomic E-state index is 0.473. The molecule has 2 saturated carbocycles. The number of hydrogen-bond donors (Lipinski definition) is 1. The van der Waals surface area contributed by atoms with Gasteiger partial charge in [0.25, 0.3) is 0 Å². The molecular formula is C14H28N2. The van der Waals surface area contributed by atoms with Crippen LogP contribution in [-0.4, -0.2) is 30.6 Å². The number of nitrogens with zero attached hydrogens (tertiary/aromatic N) is 1. The molecule has 2 N–H and O–H groups in total. The van der Waals surface area contributed by atoms with Crippen LogP contribution in [-0.2, 0) is 0 Å². The molecule has 16 heavy (non-hydrogen) atoms. The second-order valence-electron chi connectivity index (χ2n) is 6.12. The van der Waals surface area contributed by atoms with Gasteiger partial charge >= 0.3 is 0 Å². The zero-order chi connectivity index (χ0) is 11.5. The van der Waals surface area contributed by atoms with Crippen molar-refractivity contribution in [2.75, 3.05) is 13.6 Å². The van der Waals surface area contributed by atoms with Crippen molar-refractivity contribution in [2.24, 2.45) is 17.6 Å². The van der Waals surface area contributed by atoms with Gasteiger partial charge in [-0.25, -0.2) is 0 Å². The second-order valence-corrected chi connectivity index (χ2v) is 6.12. The topological polar surface area (TPSA) is 29.3 Å². The smallest absolute Gasteiger partial charge is 0.0118 e. The molecule has 0 amide bonds. The van der Waals surface area contributed by atoms with Crippen LogP contribution in [0.15, 0.2) is 0 Å². The lowest BCUT2D eigenvalue weighted by Crippen LogP contribution is -2.43. The fraction of sp³-hybridized carbons (Fsp3) is 1.00. The first-order valence-electron chi connectivity index (χ1n) is 7.14. The van der Waals surface area contributed by atoms with E-state index in [-0.39, 0.29) is 0 Å². The van der Waals surface area contributed by atoms with Gasteiger partial charge in [-0.1, -0.05) is 26.2 Å². The van der Waals surface area contributed by atoms with Crippen molar-refractivity contribution < 1.29 is 0 Å². The first-order valence-corrected chi connectivity index (χ1v) is 7.14. The largest absolute Gasteiger partial charge is 0.327 e. The lowest BCUT2D eigenvalue weighted by atomic mass is 9.84. The standard InChI is InChI=1S/C14H28N2/c1-11-6-3-4-9-14(11)16(2)10-12-7-5-8-13(12)15/h11-14H,3-10,15H2,1-2H3. The Balaban J connectivity index is 1.84. The molecule has 0 bridgehead atoms. The van der Waals surface area contributed by atoms with Crippen molar-refractivity contribution in [2.45, 2.75) is 64.0 Å². The molecule has 2 nitrogen and oxygen atoms in total. The zero-order valence-electron chi connectivity index (χ0n) is 11.0. The Kier molecular flexibility index (Phi) is 4.26. The molecule has 0 radical (unpaired) electrons. The summed E-state index contributed by atoms with van der Waals surface area (Å²) < 4.78 is 0. The molecule has 2 aliphatic carbocycles. The van der Waals surface area contributed by atoms with Gasteiger partial charge in [0.05, 0.1) is 0 Å². The summed E-state index contributed by atoms with van der Waals surface area (Å²) in [6.07, 6.45) is 9.64. The molecule has 2 rings (SSSR count). The van der Waals surface area contributed by atoms with Crippen molar-refractivity contribution in [3.63, 3.8) is 0 Å². The summed E-state index contributed by atoms with van der Waals surface area (Å²) in [4.78, 5) is 2.61. The van der Waals surface area contributed by atoms with E-state index in [9.17, 15) is 0 Å². The molecule has 0 aromatic carbocycles. The van der Waals surface area contributed by atoms with Gasteiger partial charge in [-0.15, -0.1) is 0 Å². The minimum Gasteiger partial charge on any atom is -0.327 e. The summed E-state index contributed by atoms with van der Waals surface area (Å²) in [5.74, 6) is 1.65. The van der Waals surface area contributed by atoms with Crippen LogP contribution in [0.2, 0.25) is 0 Å². The van der Waals surface area contributed by atoms with Gasteiger partial charge in [0, 0.05) is 18.6 Å². The predicted molar refractivity (Wildman–Crippen MR) is 69.4 cm³/mol. The van der Waals surface area contributed by atoms with Gasteiger partial charge in [-0.2, -0.15) is 0 Å². The Morgan fingerprint density at radius 3 is 2.44 bits per heavy atom. The van der Waals surface area contributed by atoms with Crippen molar-refractivity contribution in [1.29, 1.82) is 0 Å². The van der Waals surface area contributed by atoms with Gasteiger partial charge in [-0.3, -0.25) is 0 Å². The van der Waals surface area contributed by atoms with Crippen molar-refractivity contribution in [3.05, 3.63) is 0 Å². The van der Waals surface area contributed by atoms with E-state index in [0.717, 1.165) is 17.9 Å². The summed E-state index contributed by atoms with van der Waals surface area (Å²) >= 11 is 0. The lowest BCUT2D eigenvalue weighted by molar-refractivity contribution is 0.119. The number of nitrogens with two attached hydrogens (primary N) is 1. The van der Waals surface area contributed by atoms with Crippen LogP contribution in [0.25, 0.3) is 0 Å². The van der Waals surface area contributed by atoms with E-state index in [1.807, 2.05) is 0 Å². The lowest BCUT2D eigenvalue weighted by Gasteiger charge is -2.38. The minimum absolute atomic E-state index is 0.473. The number of hydrogen-bond acceptors (Lipinski definition) is 2. The first kappa shape index (κ1) is 12.4. The molecule has 2 heteroatoms. The van der Waals surface area contributed by atoms with Gasteiger partial charge in [0.15, 0.2) is 0 Å². The van der Waals surface area contributed by atoms with Crippen LogP contribution in [0.1, 0.15) is 51.9 Å². The summed E-state index contributed by atoms with van der Waals surface area (Å²) in [6.45, 7) is 3.66. The Bertz CT molecular complexity index is 217. The molecular weight excluding hydrogens is 196 g/mol. The first-order chi connectivity index (χ1) is 7.68. The maximum Gasteiger partial charge on any atom is 0.0118 e. The molecule has 2 aliphatic rings. The Morgan fingerprint density at radius 1 is 1.06 bits per heavy atom. The fourth-order valence-corrected chi connectivity index (χ4v) is 3.75. The third-order valence-corrected chi connectivity index (χ3v) is 4.87. The molecule has 2 fully saturated rings. The Hall–Kier alpha value is -0.0800. The van der Waals surface area contributed by atoms with Gasteiger partial charge in [0.1, 0.15) is 0 Å². The van der Waals surface area contributed by atoms with E-state index in [1.165, 1.54) is 51.5 Å². The maximum absolute atomic E-state index is 6.16. The van der Waals surface area contributed by atoms with Crippen LogP contribution in [0.3, 0.4) is 0 Å². The number of rotatable bonds is 3. The van der Waals surface area contributed by atoms with Crippen molar-refractivity contribution >= 4 is 0 Å². The van der Waals surface area contributed by atoms with Gasteiger partial charge < -0.3 is 10.6 Å². The molecule has 0 aromatic rings. The van der Waals surface area contributed by atoms with E-state index >= 15 is 0 Å². The van der Waals surface area contributed by atoms with E-state index in [2.05, 4.69) is 18.9 Å². The molecule has 0 heterocycles.